The number of methoxy groups -OCH3 is 2. The van der Waals surface area contributed by atoms with Gasteiger partial charge in [-0.3, -0.25) is 9.59 Å². The number of hydrogen-bond donors (Lipinski definition) is 0. The van der Waals surface area contributed by atoms with Gasteiger partial charge >= 0.3 is 0 Å². The smallest absolute Gasteiger partial charge is 0.238 e. The number of anilines is 1. The molecule has 2 aromatic rings. The maximum atomic E-state index is 13.6. The summed E-state index contributed by atoms with van der Waals surface area (Å²) in [6.07, 6.45) is 0.448. The molecule has 7 nitrogen and oxygen atoms in total. The molecule has 2 aliphatic carbocycles. The molecule has 2 amide bonds. The third-order valence-electron chi connectivity index (χ3n) is 7.54. The van der Waals surface area contributed by atoms with Crippen LogP contribution in [0.5, 0.6) is 11.5 Å². The molecule has 33 heavy (non-hydrogen) atoms. The second kappa shape index (κ2) is 7.18. The van der Waals surface area contributed by atoms with Gasteiger partial charge in [0, 0.05) is 23.5 Å². The first-order valence-corrected chi connectivity index (χ1v) is 11.1. The van der Waals surface area contributed by atoms with Gasteiger partial charge in [0.25, 0.3) is 0 Å². The van der Waals surface area contributed by atoms with Gasteiger partial charge in [0.1, 0.15) is 23.4 Å². The predicted molar refractivity (Wildman–Crippen MR) is 117 cm³/mol. The molecule has 2 aromatic carbocycles. The lowest BCUT2D eigenvalue weighted by atomic mass is 9.71. The molecule has 0 aromatic heterocycles. The monoisotopic (exact) mass is 470 g/mol. The molecule has 6 atom stereocenters. The van der Waals surface area contributed by atoms with E-state index in [1.165, 1.54) is 18.2 Å². The zero-order valence-electron chi connectivity index (χ0n) is 17.8. The number of rotatable bonds is 4. The maximum Gasteiger partial charge on any atom is 0.238 e. The molecule has 170 valence electrons. The fourth-order valence-electron chi connectivity index (χ4n) is 6.24. The van der Waals surface area contributed by atoms with E-state index in [4.69, 9.17) is 25.9 Å². The molecule has 4 aliphatic rings. The minimum atomic E-state index is -0.600. The third kappa shape index (κ3) is 2.70. The van der Waals surface area contributed by atoms with Gasteiger partial charge < -0.3 is 14.3 Å². The lowest BCUT2D eigenvalue weighted by molar-refractivity contribution is -0.125. The molecular formula is C24H20ClFN2O5. The van der Waals surface area contributed by atoms with Gasteiger partial charge in [0.05, 0.1) is 42.5 Å². The van der Waals surface area contributed by atoms with Crippen LogP contribution >= 0.6 is 11.6 Å². The van der Waals surface area contributed by atoms with Crippen molar-refractivity contribution in [1.29, 1.82) is 0 Å². The van der Waals surface area contributed by atoms with Crippen molar-refractivity contribution in [1.82, 2.24) is 0 Å². The molecule has 2 aliphatic heterocycles. The Bertz CT molecular complexity index is 1230. The zero-order valence-corrected chi connectivity index (χ0v) is 18.6. The standard InChI is InChI=1S/C24H20ClFN2O5/c1-31-11-4-5-12(17(8-11)32-2)21-20-13-9-14(22(20)33-27-21)19-18(13)23(29)28(24(19)30)10-3-6-16(26)15(25)7-10/h3-8,13-14,18-20,22H,9H2,1-2H3/t13-,14+,18+,19-,20+,22+/m0/s1. The van der Waals surface area contributed by atoms with Gasteiger partial charge in [-0.1, -0.05) is 16.8 Å². The van der Waals surface area contributed by atoms with Crippen molar-refractivity contribution in [2.45, 2.75) is 12.5 Å². The molecule has 0 spiro atoms. The third-order valence-corrected chi connectivity index (χ3v) is 7.83. The topological polar surface area (TPSA) is 77.4 Å². The molecule has 0 radical (unpaired) electrons. The summed E-state index contributed by atoms with van der Waals surface area (Å²) in [6.45, 7) is 0. The lowest BCUT2D eigenvalue weighted by Crippen LogP contribution is -2.41. The normalized spacial score (nSPS) is 31.4. The Hall–Kier alpha value is -3.13. The Labute approximate surface area is 194 Å². The van der Waals surface area contributed by atoms with Crippen molar-refractivity contribution in [3.05, 3.63) is 52.8 Å². The summed E-state index contributed by atoms with van der Waals surface area (Å²) in [5.74, 6) is -1.15. The Morgan fingerprint density at radius 1 is 1.03 bits per heavy atom. The Morgan fingerprint density at radius 2 is 1.79 bits per heavy atom. The van der Waals surface area contributed by atoms with E-state index < -0.39 is 17.7 Å². The molecule has 2 heterocycles. The van der Waals surface area contributed by atoms with Gasteiger partial charge in [0.2, 0.25) is 11.8 Å². The predicted octanol–water partition coefficient (Wildman–Crippen LogP) is 3.67. The van der Waals surface area contributed by atoms with Crippen molar-refractivity contribution in [2.75, 3.05) is 19.1 Å². The van der Waals surface area contributed by atoms with Crippen LogP contribution in [0, 0.1) is 35.4 Å². The number of hydrogen-bond acceptors (Lipinski definition) is 6. The van der Waals surface area contributed by atoms with Crippen LogP contribution in [0.15, 0.2) is 41.6 Å². The maximum absolute atomic E-state index is 13.6. The van der Waals surface area contributed by atoms with Crippen LogP contribution in [0.4, 0.5) is 10.1 Å². The summed E-state index contributed by atoms with van der Waals surface area (Å²) in [6, 6.07) is 9.38. The second-order valence-electron chi connectivity index (χ2n) is 8.86. The van der Waals surface area contributed by atoms with Crippen molar-refractivity contribution in [2.24, 2.45) is 34.7 Å². The first-order valence-electron chi connectivity index (χ1n) is 10.7. The summed E-state index contributed by atoms with van der Waals surface area (Å²) < 4.78 is 24.5. The number of carbonyl (C=O) groups excluding carboxylic acids is 2. The van der Waals surface area contributed by atoms with Crippen LogP contribution in [0.1, 0.15) is 12.0 Å². The summed E-state index contributed by atoms with van der Waals surface area (Å²) in [5.41, 5.74) is 1.81. The highest BCUT2D eigenvalue weighted by molar-refractivity contribution is 6.31. The summed E-state index contributed by atoms with van der Waals surface area (Å²) >= 11 is 5.91. The molecule has 3 fully saturated rings. The molecular weight excluding hydrogens is 451 g/mol. The van der Waals surface area contributed by atoms with E-state index in [1.54, 1.807) is 20.3 Å². The number of ether oxygens (including phenoxy) is 2. The number of fused-ring (bicyclic) bond motifs is 8. The average molecular weight is 471 g/mol. The summed E-state index contributed by atoms with van der Waals surface area (Å²) in [4.78, 5) is 33.8. The van der Waals surface area contributed by atoms with E-state index in [-0.39, 0.29) is 40.7 Å². The number of carbonyl (C=O) groups is 2. The van der Waals surface area contributed by atoms with Crippen LogP contribution in [-0.4, -0.2) is 37.8 Å². The highest BCUT2D eigenvalue weighted by Gasteiger charge is 2.70. The van der Waals surface area contributed by atoms with Crippen molar-refractivity contribution >= 4 is 34.8 Å². The van der Waals surface area contributed by atoms with E-state index in [2.05, 4.69) is 5.16 Å². The molecule has 1 saturated heterocycles. The number of imide groups is 1. The minimum absolute atomic E-state index is 0.0876. The highest BCUT2D eigenvalue weighted by Crippen LogP contribution is 2.62. The fraction of sp³-hybridized carbons (Fsp3) is 0.375. The molecule has 9 heteroatoms. The number of amides is 2. The van der Waals surface area contributed by atoms with E-state index in [0.717, 1.165) is 22.6 Å². The van der Waals surface area contributed by atoms with Crippen LogP contribution in [-0.2, 0) is 14.4 Å². The van der Waals surface area contributed by atoms with Crippen LogP contribution in [0.3, 0.4) is 0 Å². The summed E-state index contributed by atoms with van der Waals surface area (Å²) in [7, 11) is 3.16. The van der Waals surface area contributed by atoms with Crippen LogP contribution in [0.2, 0.25) is 5.02 Å². The number of oxime groups is 1. The minimum Gasteiger partial charge on any atom is -0.497 e. The van der Waals surface area contributed by atoms with Crippen LogP contribution < -0.4 is 14.4 Å². The first-order chi connectivity index (χ1) is 15.9. The van der Waals surface area contributed by atoms with Gasteiger partial charge in [-0.2, -0.15) is 0 Å². The zero-order chi connectivity index (χ0) is 23.0. The number of benzene rings is 2. The molecule has 6 rings (SSSR count). The average Bonchev–Trinajstić information content (AvgIpc) is 3.56. The Kier molecular flexibility index (Phi) is 4.46. The first kappa shape index (κ1) is 20.5. The quantitative estimate of drug-likeness (QED) is 0.637. The van der Waals surface area contributed by atoms with E-state index in [9.17, 15) is 14.0 Å². The Morgan fingerprint density at radius 3 is 2.48 bits per heavy atom. The molecule has 0 unspecified atom stereocenters. The molecule has 0 N–H and O–H groups in total. The van der Waals surface area contributed by atoms with E-state index in [0.29, 0.717) is 17.2 Å². The number of nitrogens with zero attached hydrogens (tertiary/aromatic N) is 2. The van der Waals surface area contributed by atoms with Gasteiger partial charge in [-0.05, 0) is 42.7 Å². The largest absolute Gasteiger partial charge is 0.497 e. The van der Waals surface area contributed by atoms with Crippen molar-refractivity contribution < 1.29 is 28.3 Å². The highest BCUT2D eigenvalue weighted by atomic mass is 35.5. The van der Waals surface area contributed by atoms with Gasteiger partial charge in [0.15, 0.2) is 0 Å². The Balaban J connectivity index is 1.35. The second-order valence-corrected chi connectivity index (χ2v) is 9.27. The number of halogens is 2. The molecule has 2 saturated carbocycles. The van der Waals surface area contributed by atoms with Crippen LogP contribution in [0.25, 0.3) is 0 Å². The fourth-order valence-corrected chi connectivity index (χ4v) is 6.41. The SMILES string of the molecule is COc1ccc(C2=NO[C@@H]3[C@@H]4C[C@@H]([C@H]5C(=O)N(c6ccc(F)c(Cl)c6)C(=O)[C@@H]45)[C@H]23)c(OC)c1. The summed E-state index contributed by atoms with van der Waals surface area (Å²) in [5, 5.41) is 4.24. The van der Waals surface area contributed by atoms with Crippen molar-refractivity contribution in [3.63, 3.8) is 0 Å². The van der Waals surface area contributed by atoms with E-state index in [1.807, 2.05) is 12.1 Å². The lowest BCUT2D eigenvalue weighted by Gasteiger charge is -2.30. The van der Waals surface area contributed by atoms with Crippen molar-refractivity contribution in [3.8, 4) is 11.5 Å². The van der Waals surface area contributed by atoms with E-state index >= 15 is 0 Å². The molecule has 2 bridgehead atoms. The van der Waals surface area contributed by atoms with Gasteiger partial charge in [-0.25, -0.2) is 9.29 Å². The van der Waals surface area contributed by atoms with Gasteiger partial charge in [-0.15, -0.1) is 0 Å².